The van der Waals surface area contributed by atoms with Crippen LogP contribution >= 0.6 is 11.6 Å². The second-order valence-electron chi connectivity index (χ2n) is 5.19. The van der Waals surface area contributed by atoms with E-state index in [4.69, 9.17) is 16.7 Å². The molecule has 22 heavy (non-hydrogen) atoms. The third-order valence-corrected chi connectivity index (χ3v) is 3.88. The van der Waals surface area contributed by atoms with Crippen LogP contribution in [0.4, 0.5) is 4.39 Å². The Morgan fingerprint density at radius 3 is 2.55 bits per heavy atom. The molecule has 5 nitrogen and oxygen atoms in total. The summed E-state index contributed by atoms with van der Waals surface area (Å²) < 4.78 is 13.7. The molecule has 0 spiro atoms. The van der Waals surface area contributed by atoms with Crippen LogP contribution in [0.25, 0.3) is 0 Å². The standard InChI is InChI=1S/C15H20ClFN2O3/c1-10(18(2)8-7-14(20)21)15(22)19(3)9-11-12(16)5-4-6-13(11)17/h4-6,10H,7-9H2,1-3H3,(H,20,21). The number of benzene rings is 1. The number of nitrogens with zero attached hydrogens (tertiary/aromatic N) is 2. The Balaban J connectivity index is 2.70. The lowest BCUT2D eigenvalue weighted by molar-refractivity contribution is -0.139. The molecule has 0 aliphatic rings. The zero-order chi connectivity index (χ0) is 16.9. The number of hydrogen-bond donors (Lipinski definition) is 1. The van der Waals surface area contributed by atoms with Gasteiger partial charge in [-0.1, -0.05) is 17.7 Å². The van der Waals surface area contributed by atoms with Crippen molar-refractivity contribution in [2.45, 2.75) is 25.9 Å². The predicted octanol–water partition coefficient (Wildman–Crippen LogP) is 2.23. The molecule has 1 aromatic carbocycles. The minimum atomic E-state index is -0.919. The zero-order valence-corrected chi connectivity index (χ0v) is 13.6. The number of amides is 1. The third-order valence-electron chi connectivity index (χ3n) is 3.53. The highest BCUT2D eigenvalue weighted by Gasteiger charge is 2.23. The van der Waals surface area contributed by atoms with Gasteiger partial charge in [0.25, 0.3) is 0 Å². The van der Waals surface area contributed by atoms with Crippen molar-refractivity contribution < 1.29 is 19.1 Å². The van der Waals surface area contributed by atoms with Crippen molar-refractivity contribution >= 4 is 23.5 Å². The molecule has 0 aliphatic heterocycles. The summed E-state index contributed by atoms with van der Waals surface area (Å²) in [6.45, 7) is 2.00. The fourth-order valence-corrected chi connectivity index (χ4v) is 2.19. The first-order chi connectivity index (χ1) is 10.2. The van der Waals surface area contributed by atoms with Crippen LogP contribution in [0.5, 0.6) is 0 Å². The number of carboxylic acids is 1. The fourth-order valence-electron chi connectivity index (χ4n) is 1.97. The topological polar surface area (TPSA) is 60.9 Å². The first kappa shape index (κ1) is 18.4. The molecule has 1 rings (SSSR count). The number of carboxylic acid groups (broad SMARTS) is 1. The molecule has 122 valence electrons. The smallest absolute Gasteiger partial charge is 0.304 e. The van der Waals surface area contributed by atoms with Crippen LogP contribution in [0, 0.1) is 5.82 Å². The molecular weight excluding hydrogens is 311 g/mol. The highest BCUT2D eigenvalue weighted by Crippen LogP contribution is 2.20. The number of likely N-dealkylation sites (N-methyl/N-ethyl adjacent to an activating group) is 2. The molecule has 0 saturated carbocycles. The molecule has 0 fully saturated rings. The van der Waals surface area contributed by atoms with E-state index in [0.717, 1.165) is 0 Å². The van der Waals surface area contributed by atoms with Gasteiger partial charge in [0.05, 0.1) is 12.5 Å². The SMILES string of the molecule is CC(C(=O)N(C)Cc1c(F)cccc1Cl)N(C)CCC(=O)O. The second-order valence-corrected chi connectivity index (χ2v) is 5.60. The molecule has 1 unspecified atom stereocenters. The van der Waals surface area contributed by atoms with Crippen molar-refractivity contribution in [1.29, 1.82) is 0 Å². The summed E-state index contributed by atoms with van der Waals surface area (Å²) in [7, 11) is 3.24. The summed E-state index contributed by atoms with van der Waals surface area (Å²) in [5, 5.41) is 8.94. The monoisotopic (exact) mass is 330 g/mol. The highest BCUT2D eigenvalue weighted by molar-refractivity contribution is 6.31. The van der Waals surface area contributed by atoms with Gasteiger partial charge in [-0.15, -0.1) is 0 Å². The third kappa shape index (κ3) is 4.96. The van der Waals surface area contributed by atoms with Gasteiger partial charge in [0.15, 0.2) is 0 Å². The van der Waals surface area contributed by atoms with E-state index in [0.29, 0.717) is 0 Å². The van der Waals surface area contributed by atoms with Crippen molar-refractivity contribution in [2.24, 2.45) is 0 Å². The lowest BCUT2D eigenvalue weighted by atomic mass is 10.1. The van der Waals surface area contributed by atoms with Gasteiger partial charge in [-0.05, 0) is 26.1 Å². The number of aliphatic carboxylic acids is 1. The van der Waals surface area contributed by atoms with Crippen LogP contribution in [0.3, 0.4) is 0 Å². The number of hydrogen-bond acceptors (Lipinski definition) is 3. The average Bonchev–Trinajstić information content (AvgIpc) is 2.46. The normalized spacial score (nSPS) is 12.3. The summed E-state index contributed by atoms with van der Waals surface area (Å²) in [5.74, 6) is -1.61. The van der Waals surface area contributed by atoms with Crippen LogP contribution in [0.2, 0.25) is 5.02 Å². The van der Waals surface area contributed by atoms with E-state index in [1.165, 1.54) is 17.0 Å². The molecule has 1 atom stereocenters. The first-order valence-corrected chi connectivity index (χ1v) is 7.21. The molecule has 0 saturated heterocycles. The van der Waals surface area contributed by atoms with E-state index in [1.807, 2.05) is 0 Å². The van der Waals surface area contributed by atoms with E-state index in [1.54, 1.807) is 32.0 Å². The second kappa shape index (κ2) is 8.10. The van der Waals surface area contributed by atoms with E-state index in [9.17, 15) is 14.0 Å². The van der Waals surface area contributed by atoms with Gasteiger partial charge in [0, 0.05) is 30.7 Å². The molecule has 1 aromatic rings. The van der Waals surface area contributed by atoms with Crippen molar-refractivity contribution in [3.63, 3.8) is 0 Å². The maximum atomic E-state index is 13.7. The summed E-state index contributed by atoms with van der Waals surface area (Å²) in [5.41, 5.74) is 0.264. The van der Waals surface area contributed by atoms with Crippen LogP contribution in [0.1, 0.15) is 18.9 Å². The maximum absolute atomic E-state index is 13.7. The maximum Gasteiger partial charge on any atom is 0.304 e. The molecule has 0 radical (unpaired) electrons. The largest absolute Gasteiger partial charge is 0.481 e. The van der Waals surface area contributed by atoms with Gasteiger partial charge in [-0.3, -0.25) is 14.5 Å². The molecule has 0 aliphatic carbocycles. The molecular formula is C15H20ClFN2O3. The van der Waals surface area contributed by atoms with E-state index in [-0.39, 0.29) is 36.0 Å². The number of rotatable bonds is 7. The van der Waals surface area contributed by atoms with Crippen LogP contribution < -0.4 is 0 Å². The van der Waals surface area contributed by atoms with Gasteiger partial charge in [-0.2, -0.15) is 0 Å². The molecule has 7 heteroatoms. The van der Waals surface area contributed by atoms with Gasteiger partial charge in [0.1, 0.15) is 5.82 Å². The van der Waals surface area contributed by atoms with Crippen LogP contribution in [0.15, 0.2) is 18.2 Å². The van der Waals surface area contributed by atoms with E-state index >= 15 is 0 Å². The predicted molar refractivity (Wildman–Crippen MR) is 82.2 cm³/mol. The van der Waals surface area contributed by atoms with Crippen LogP contribution in [-0.2, 0) is 16.1 Å². The molecule has 1 N–H and O–H groups in total. The Hall–Kier alpha value is -1.66. The minimum Gasteiger partial charge on any atom is -0.481 e. The van der Waals surface area contributed by atoms with Gasteiger partial charge >= 0.3 is 5.97 Å². The Morgan fingerprint density at radius 1 is 1.36 bits per heavy atom. The quantitative estimate of drug-likeness (QED) is 0.833. The Bertz CT molecular complexity index is 533. The summed E-state index contributed by atoms with van der Waals surface area (Å²) in [6.07, 6.45) is -0.0447. The Kier molecular flexibility index (Phi) is 6.77. The number of halogens is 2. The Morgan fingerprint density at radius 2 is 2.00 bits per heavy atom. The zero-order valence-electron chi connectivity index (χ0n) is 12.8. The summed E-state index contributed by atoms with van der Waals surface area (Å²) in [6, 6.07) is 3.86. The van der Waals surface area contributed by atoms with E-state index < -0.39 is 17.8 Å². The van der Waals surface area contributed by atoms with Crippen molar-refractivity contribution in [1.82, 2.24) is 9.80 Å². The summed E-state index contributed by atoms with van der Waals surface area (Å²) in [4.78, 5) is 25.9. The van der Waals surface area contributed by atoms with E-state index in [2.05, 4.69) is 0 Å². The van der Waals surface area contributed by atoms with Crippen LogP contribution in [-0.4, -0.2) is 53.5 Å². The fraction of sp³-hybridized carbons (Fsp3) is 0.467. The lowest BCUT2D eigenvalue weighted by Crippen LogP contribution is -2.44. The molecule has 0 aromatic heterocycles. The molecule has 1 amide bonds. The Labute approximate surface area is 134 Å². The van der Waals surface area contributed by atoms with Crippen molar-refractivity contribution in [3.8, 4) is 0 Å². The van der Waals surface area contributed by atoms with Crippen molar-refractivity contribution in [3.05, 3.63) is 34.6 Å². The van der Waals surface area contributed by atoms with Gasteiger partial charge < -0.3 is 10.0 Å². The number of carbonyl (C=O) groups excluding carboxylic acids is 1. The molecule has 0 bridgehead atoms. The first-order valence-electron chi connectivity index (χ1n) is 6.84. The highest BCUT2D eigenvalue weighted by atomic mass is 35.5. The number of carbonyl (C=O) groups is 2. The summed E-state index contributed by atoms with van der Waals surface area (Å²) >= 11 is 5.95. The van der Waals surface area contributed by atoms with Gasteiger partial charge in [-0.25, -0.2) is 4.39 Å². The minimum absolute atomic E-state index is 0.0447. The average molecular weight is 331 g/mol. The lowest BCUT2D eigenvalue weighted by Gasteiger charge is -2.28. The van der Waals surface area contributed by atoms with Gasteiger partial charge in [0.2, 0.25) is 5.91 Å². The van der Waals surface area contributed by atoms with Crippen molar-refractivity contribution in [2.75, 3.05) is 20.6 Å². The molecule has 0 heterocycles.